The van der Waals surface area contributed by atoms with Gasteiger partial charge in [-0.25, -0.2) is 4.39 Å². The lowest BCUT2D eigenvalue weighted by molar-refractivity contribution is 0.631. The molecule has 4 heteroatoms. The Morgan fingerprint density at radius 3 is 2.50 bits per heavy atom. The summed E-state index contributed by atoms with van der Waals surface area (Å²) in [6.45, 7) is 0.683. The van der Waals surface area contributed by atoms with Crippen LogP contribution >= 0.6 is 23.2 Å². The molecule has 0 heterocycles. The van der Waals surface area contributed by atoms with Crippen molar-refractivity contribution in [2.24, 2.45) is 0 Å². The molecule has 0 saturated carbocycles. The Hall–Kier alpha value is -1.09. The second-order valence-corrected chi connectivity index (χ2v) is 4.80. The van der Waals surface area contributed by atoms with Crippen LogP contribution in [0.2, 0.25) is 10.0 Å². The van der Waals surface area contributed by atoms with Gasteiger partial charge in [0.1, 0.15) is 5.82 Å². The molecular formula is C14H12Cl2FN. The molecule has 0 atom stereocenters. The molecule has 18 heavy (non-hydrogen) atoms. The largest absolute Gasteiger partial charge is 0.316 e. The summed E-state index contributed by atoms with van der Waals surface area (Å²) in [6, 6.07) is 10.1. The maximum absolute atomic E-state index is 13.8. The topological polar surface area (TPSA) is 12.0 Å². The van der Waals surface area contributed by atoms with Crippen LogP contribution in [-0.2, 0) is 6.54 Å². The van der Waals surface area contributed by atoms with E-state index in [2.05, 4.69) is 5.32 Å². The van der Waals surface area contributed by atoms with Gasteiger partial charge >= 0.3 is 0 Å². The summed E-state index contributed by atoms with van der Waals surface area (Å²) < 4.78 is 13.8. The highest BCUT2D eigenvalue weighted by Crippen LogP contribution is 2.29. The lowest BCUT2D eigenvalue weighted by Gasteiger charge is -2.08. The summed E-state index contributed by atoms with van der Waals surface area (Å²) in [5, 5.41) is 4.03. The Balaban J connectivity index is 2.42. The lowest BCUT2D eigenvalue weighted by Crippen LogP contribution is -2.05. The van der Waals surface area contributed by atoms with Gasteiger partial charge in [0.15, 0.2) is 0 Å². The fourth-order valence-electron chi connectivity index (χ4n) is 1.77. The minimum Gasteiger partial charge on any atom is -0.316 e. The van der Waals surface area contributed by atoms with Crippen LogP contribution in [0.1, 0.15) is 5.56 Å². The molecule has 0 radical (unpaired) electrons. The predicted octanol–water partition coefficient (Wildman–Crippen LogP) is 4.52. The molecule has 2 aromatic carbocycles. The van der Waals surface area contributed by atoms with Crippen molar-refractivity contribution in [2.75, 3.05) is 7.05 Å². The number of nitrogens with one attached hydrogen (secondary N) is 1. The molecule has 1 nitrogen and oxygen atoms in total. The molecule has 0 amide bonds. The maximum atomic E-state index is 13.8. The summed E-state index contributed by atoms with van der Waals surface area (Å²) in [5.74, 6) is -0.347. The molecule has 0 bridgehead atoms. The van der Waals surface area contributed by atoms with Gasteiger partial charge in [-0.15, -0.1) is 0 Å². The Morgan fingerprint density at radius 2 is 1.89 bits per heavy atom. The summed E-state index contributed by atoms with van der Waals surface area (Å²) in [5.41, 5.74) is 2.23. The van der Waals surface area contributed by atoms with Crippen molar-refractivity contribution in [3.8, 4) is 11.1 Å². The number of hydrogen-bond acceptors (Lipinski definition) is 1. The molecule has 0 aliphatic carbocycles. The first-order valence-corrected chi connectivity index (χ1v) is 6.26. The fraction of sp³-hybridized carbons (Fsp3) is 0.143. The van der Waals surface area contributed by atoms with Gasteiger partial charge in [-0.05, 0) is 42.4 Å². The average Bonchev–Trinajstić information content (AvgIpc) is 2.32. The Kier molecular flexibility index (Phi) is 4.23. The van der Waals surface area contributed by atoms with E-state index in [-0.39, 0.29) is 5.82 Å². The zero-order valence-electron chi connectivity index (χ0n) is 9.81. The van der Waals surface area contributed by atoms with Gasteiger partial charge in [0.05, 0.1) is 0 Å². The van der Waals surface area contributed by atoms with E-state index in [1.54, 1.807) is 18.2 Å². The van der Waals surface area contributed by atoms with E-state index in [1.165, 1.54) is 6.07 Å². The van der Waals surface area contributed by atoms with Crippen molar-refractivity contribution in [3.05, 3.63) is 57.8 Å². The number of halogens is 3. The molecule has 0 saturated heterocycles. The normalized spacial score (nSPS) is 10.7. The Morgan fingerprint density at radius 1 is 1.11 bits per heavy atom. The summed E-state index contributed by atoms with van der Waals surface area (Å²) >= 11 is 11.9. The van der Waals surface area contributed by atoms with Gasteiger partial charge < -0.3 is 5.32 Å². The molecule has 2 rings (SSSR count). The first-order valence-electron chi connectivity index (χ1n) is 5.50. The van der Waals surface area contributed by atoms with Crippen molar-refractivity contribution in [1.29, 1.82) is 0 Å². The Bertz CT molecular complexity index is 570. The highest BCUT2D eigenvalue weighted by molar-refractivity contribution is 6.31. The van der Waals surface area contributed by atoms with Crippen LogP contribution in [0.5, 0.6) is 0 Å². The number of benzene rings is 2. The molecule has 0 aliphatic rings. The van der Waals surface area contributed by atoms with Gasteiger partial charge in [-0.2, -0.15) is 0 Å². The zero-order chi connectivity index (χ0) is 13.1. The molecule has 0 fully saturated rings. The number of rotatable bonds is 3. The molecule has 0 unspecified atom stereocenters. The first kappa shape index (κ1) is 13.3. The van der Waals surface area contributed by atoms with Gasteiger partial charge in [0.25, 0.3) is 0 Å². The number of hydrogen-bond donors (Lipinski definition) is 1. The van der Waals surface area contributed by atoms with E-state index < -0.39 is 0 Å². The van der Waals surface area contributed by atoms with Crippen molar-refractivity contribution in [1.82, 2.24) is 5.32 Å². The second-order valence-electron chi connectivity index (χ2n) is 3.96. The minimum absolute atomic E-state index is 0.347. The van der Waals surface area contributed by atoms with Crippen molar-refractivity contribution in [2.45, 2.75) is 6.54 Å². The van der Waals surface area contributed by atoms with Gasteiger partial charge in [-0.3, -0.25) is 0 Å². The van der Waals surface area contributed by atoms with E-state index in [1.807, 2.05) is 19.2 Å². The second kappa shape index (κ2) is 5.70. The first-order chi connectivity index (χ1) is 8.61. The van der Waals surface area contributed by atoms with Crippen molar-refractivity contribution < 1.29 is 4.39 Å². The van der Waals surface area contributed by atoms with E-state index in [9.17, 15) is 4.39 Å². The van der Waals surface area contributed by atoms with Gasteiger partial charge in [-0.1, -0.05) is 35.3 Å². The van der Waals surface area contributed by atoms with Crippen LogP contribution in [0.3, 0.4) is 0 Å². The average molecular weight is 284 g/mol. The minimum atomic E-state index is -0.347. The van der Waals surface area contributed by atoms with E-state index in [0.717, 1.165) is 11.1 Å². The van der Waals surface area contributed by atoms with Crippen molar-refractivity contribution >= 4 is 23.2 Å². The third kappa shape index (κ3) is 2.83. The third-order valence-corrected chi connectivity index (χ3v) is 3.25. The standard InChI is InChI=1S/C14H12Cl2FN/c1-18-8-10-3-2-9(6-13(10)16)12-5-4-11(15)7-14(12)17/h2-7,18H,8H2,1H3. The molecular weight excluding hydrogens is 272 g/mol. The molecule has 94 valence electrons. The molecule has 0 aromatic heterocycles. The van der Waals surface area contributed by atoms with Gasteiger partial charge in [0, 0.05) is 22.2 Å². The third-order valence-electron chi connectivity index (χ3n) is 2.66. The van der Waals surface area contributed by atoms with Gasteiger partial charge in [0.2, 0.25) is 0 Å². The van der Waals surface area contributed by atoms with Crippen LogP contribution in [0.25, 0.3) is 11.1 Å². The quantitative estimate of drug-likeness (QED) is 0.873. The zero-order valence-corrected chi connectivity index (χ0v) is 11.3. The summed E-state index contributed by atoms with van der Waals surface area (Å²) in [6.07, 6.45) is 0. The van der Waals surface area contributed by atoms with Crippen LogP contribution in [0.15, 0.2) is 36.4 Å². The SMILES string of the molecule is CNCc1ccc(-c2ccc(Cl)cc2F)cc1Cl. The molecule has 0 aliphatic heterocycles. The highest BCUT2D eigenvalue weighted by Gasteiger charge is 2.08. The molecule has 0 spiro atoms. The van der Waals surface area contributed by atoms with E-state index in [0.29, 0.717) is 22.2 Å². The smallest absolute Gasteiger partial charge is 0.132 e. The monoisotopic (exact) mass is 283 g/mol. The fourth-order valence-corrected chi connectivity index (χ4v) is 2.18. The van der Waals surface area contributed by atoms with Crippen LogP contribution in [0.4, 0.5) is 4.39 Å². The van der Waals surface area contributed by atoms with Crippen LogP contribution < -0.4 is 5.32 Å². The molecule has 2 aromatic rings. The summed E-state index contributed by atoms with van der Waals surface area (Å²) in [7, 11) is 1.85. The summed E-state index contributed by atoms with van der Waals surface area (Å²) in [4.78, 5) is 0. The lowest BCUT2D eigenvalue weighted by atomic mass is 10.0. The predicted molar refractivity (Wildman–Crippen MR) is 74.6 cm³/mol. The Labute approximate surface area is 116 Å². The van der Waals surface area contributed by atoms with E-state index >= 15 is 0 Å². The van der Waals surface area contributed by atoms with Crippen LogP contribution in [-0.4, -0.2) is 7.05 Å². The molecule has 1 N–H and O–H groups in total. The van der Waals surface area contributed by atoms with Crippen LogP contribution in [0, 0.1) is 5.82 Å². The maximum Gasteiger partial charge on any atom is 0.132 e. The van der Waals surface area contributed by atoms with Crippen molar-refractivity contribution in [3.63, 3.8) is 0 Å². The van der Waals surface area contributed by atoms with E-state index in [4.69, 9.17) is 23.2 Å². The highest BCUT2D eigenvalue weighted by atomic mass is 35.5.